The van der Waals surface area contributed by atoms with Crippen LogP contribution in [0, 0.1) is 6.92 Å². The standard InChI is InChI=1S/C21H19BrCl2N6O3/c1-11-8-13(23)9-14(21(33)29(4)28(3)12(2)31)18(11)26-20(32)16-10-17(22)27-30(16)19-15(24)6-5-7-25-19/h5-10H,1-4H3,(H,26,32). The van der Waals surface area contributed by atoms with Gasteiger partial charge in [-0.25, -0.2) is 9.67 Å². The Labute approximate surface area is 208 Å². The number of nitrogens with zero attached hydrogens (tertiary/aromatic N) is 5. The predicted octanol–water partition coefficient (Wildman–Crippen LogP) is 4.36. The first-order chi connectivity index (χ1) is 15.5. The summed E-state index contributed by atoms with van der Waals surface area (Å²) in [7, 11) is 2.91. The van der Waals surface area contributed by atoms with E-state index in [1.807, 2.05) is 0 Å². The van der Waals surface area contributed by atoms with Gasteiger partial charge in [-0.1, -0.05) is 23.2 Å². The maximum atomic E-state index is 13.3. The van der Waals surface area contributed by atoms with E-state index in [0.29, 0.717) is 20.2 Å². The first-order valence-corrected chi connectivity index (χ1v) is 11.1. The van der Waals surface area contributed by atoms with Gasteiger partial charge in [-0.3, -0.25) is 24.4 Å². The Balaban J connectivity index is 2.03. The van der Waals surface area contributed by atoms with E-state index in [-0.39, 0.29) is 28.7 Å². The number of anilines is 1. The monoisotopic (exact) mass is 552 g/mol. The second-order valence-electron chi connectivity index (χ2n) is 7.04. The molecule has 0 atom stereocenters. The molecular weight excluding hydrogens is 535 g/mol. The Hall–Kier alpha value is -2.95. The van der Waals surface area contributed by atoms with Gasteiger partial charge >= 0.3 is 0 Å². The molecule has 0 saturated heterocycles. The summed E-state index contributed by atoms with van der Waals surface area (Å²) in [5, 5.41) is 9.92. The van der Waals surface area contributed by atoms with Gasteiger partial charge in [0.05, 0.1) is 16.3 Å². The van der Waals surface area contributed by atoms with Crippen molar-refractivity contribution in [3.8, 4) is 5.82 Å². The van der Waals surface area contributed by atoms with Crippen LogP contribution in [0.4, 0.5) is 5.69 Å². The van der Waals surface area contributed by atoms with Crippen molar-refractivity contribution >= 4 is 62.5 Å². The highest BCUT2D eigenvalue weighted by Gasteiger charge is 2.25. The van der Waals surface area contributed by atoms with Crippen LogP contribution in [0.5, 0.6) is 0 Å². The van der Waals surface area contributed by atoms with Crippen molar-refractivity contribution < 1.29 is 14.4 Å². The molecule has 3 amide bonds. The van der Waals surface area contributed by atoms with Crippen LogP contribution in [-0.2, 0) is 4.79 Å². The number of hydrogen-bond donors (Lipinski definition) is 1. The number of nitrogens with one attached hydrogen (secondary N) is 1. The molecule has 0 spiro atoms. The van der Waals surface area contributed by atoms with Crippen LogP contribution in [0.1, 0.15) is 33.3 Å². The Morgan fingerprint density at radius 2 is 1.82 bits per heavy atom. The summed E-state index contributed by atoms with van der Waals surface area (Å²) in [4.78, 5) is 42.3. The number of carbonyl (C=O) groups excluding carboxylic acids is 3. The number of benzene rings is 1. The third-order valence-corrected chi connectivity index (χ3v) is 5.72. The number of hydrogen-bond acceptors (Lipinski definition) is 5. The number of amides is 3. The fourth-order valence-electron chi connectivity index (χ4n) is 2.99. The van der Waals surface area contributed by atoms with Crippen LogP contribution in [0.3, 0.4) is 0 Å². The first-order valence-electron chi connectivity index (χ1n) is 9.51. The smallest absolute Gasteiger partial charge is 0.274 e. The summed E-state index contributed by atoms with van der Waals surface area (Å²) in [6.45, 7) is 3.03. The lowest BCUT2D eigenvalue weighted by Gasteiger charge is -2.28. The maximum absolute atomic E-state index is 13.3. The minimum atomic E-state index is -0.558. The van der Waals surface area contributed by atoms with E-state index >= 15 is 0 Å². The van der Waals surface area contributed by atoms with Gasteiger partial charge in [-0.15, -0.1) is 0 Å². The molecule has 3 aromatic rings. The van der Waals surface area contributed by atoms with Gasteiger partial charge in [-0.05, 0) is 52.7 Å². The molecule has 0 aliphatic carbocycles. The molecule has 0 radical (unpaired) electrons. The lowest BCUT2D eigenvalue weighted by molar-refractivity contribution is -0.137. The molecule has 0 fully saturated rings. The van der Waals surface area contributed by atoms with Crippen molar-refractivity contribution in [1.82, 2.24) is 24.8 Å². The Bertz CT molecular complexity index is 1260. The lowest BCUT2D eigenvalue weighted by Crippen LogP contribution is -2.44. The van der Waals surface area contributed by atoms with E-state index in [1.165, 1.54) is 44.0 Å². The van der Waals surface area contributed by atoms with Crippen LogP contribution < -0.4 is 5.32 Å². The zero-order valence-corrected chi connectivity index (χ0v) is 21.2. The average Bonchev–Trinajstić information content (AvgIpc) is 3.15. The molecule has 0 aliphatic heterocycles. The summed E-state index contributed by atoms with van der Waals surface area (Å²) < 4.78 is 1.69. The first kappa shape index (κ1) is 24.7. The molecule has 2 aromatic heterocycles. The summed E-state index contributed by atoms with van der Waals surface area (Å²) in [5.74, 6) is -1.16. The van der Waals surface area contributed by atoms with Crippen LogP contribution in [0.25, 0.3) is 5.82 Å². The summed E-state index contributed by atoms with van der Waals surface area (Å²) in [5.41, 5.74) is 1.04. The van der Waals surface area contributed by atoms with Gasteiger partial charge in [0, 0.05) is 38.3 Å². The second-order valence-corrected chi connectivity index (χ2v) is 8.70. The summed E-state index contributed by atoms with van der Waals surface area (Å²) in [6, 6.07) is 7.84. The minimum absolute atomic E-state index is 0.116. The zero-order valence-electron chi connectivity index (χ0n) is 18.1. The highest BCUT2D eigenvalue weighted by Crippen LogP contribution is 2.28. The number of halogens is 3. The van der Waals surface area contributed by atoms with Gasteiger partial charge in [0.2, 0.25) is 5.91 Å². The van der Waals surface area contributed by atoms with Crippen LogP contribution >= 0.6 is 39.1 Å². The van der Waals surface area contributed by atoms with E-state index in [1.54, 1.807) is 25.1 Å². The molecule has 0 aliphatic rings. The Kier molecular flexibility index (Phi) is 7.41. The van der Waals surface area contributed by atoms with Crippen molar-refractivity contribution in [1.29, 1.82) is 0 Å². The number of carbonyl (C=O) groups is 3. The number of pyridine rings is 1. The third-order valence-electron chi connectivity index (χ3n) is 4.82. The molecule has 3 rings (SSSR count). The van der Waals surface area contributed by atoms with E-state index in [0.717, 1.165) is 10.0 Å². The largest absolute Gasteiger partial charge is 0.320 e. The quantitative estimate of drug-likeness (QED) is 0.484. The zero-order chi connectivity index (χ0) is 24.4. The normalized spacial score (nSPS) is 10.6. The molecule has 0 unspecified atom stereocenters. The Morgan fingerprint density at radius 3 is 2.45 bits per heavy atom. The molecule has 0 saturated carbocycles. The fraction of sp³-hybridized carbons (Fsp3) is 0.190. The Morgan fingerprint density at radius 1 is 1.12 bits per heavy atom. The summed E-state index contributed by atoms with van der Waals surface area (Å²) in [6.07, 6.45) is 1.53. The van der Waals surface area contributed by atoms with E-state index in [2.05, 4.69) is 31.3 Å². The SMILES string of the molecule is CC(=O)N(C)N(C)C(=O)c1cc(Cl)cc(C)c1NC(=O)c1cc(Br)nn1-c1ncccc1Cl. The fourth-order valence-corrected chi connectivity index (χ4v) is 3.84. The van der Waals surface area contributed by atoms with Crippen molar-refractivity contribution in [2.75, 3.05) is 19.4 Å². The second kappa shape index (κ2) is 9.90. The molecule has 1 N–H and O–H groups in total. The molecule has 33 heavy (non-hydrogen) atoms. The van der Waals surface area contributed by atoms with Gasteiger partial charge in [0.25, 0.3) is 11.8 Å². The number of rotatable bonds is 4. The number of hydrazine groups is 1. The van der Waals surface area contributed by atoms with Gasteiger partial charge < -0.3 is 5.32 Å². The predicted molar refractivity (Wildman–Crippen MR) is 129 cm³/mol. The highest BCUT2D eigenvalue weighted by molar-refractivity contribution is 9.10. The van der Waals surface area contributed by atoms with Gasteiger partial charge in [0.1, 0.15) is 10.3 Å². The van der Waals surface area contributed by atoms with Gasteiger partial charge in [0.15, 0.2) is 5.82 Å². The number of aryl methyl sites for hydroxylation is 1. The van der Waals surface area contributed by atoms with Gasteiger partial charge in [-0.2, -0.15) is 5.10 Å². The number of aromatic nitrogens is 3. The lowest BCUT2D eigenvalue weighted by atomic mass is 10.1. The molecule has 0 bridgehead atoms. The van der Waals surface area contributed by atoms with Crippen molar-refractivity contribution in [3.63, 3.8) is 0 Å². The highest BCUT2D eigenvalue weighted by atomic mass is 79.9. The molecule has 12 heteroatoms. The summed E-state index contributed by atoms with van der Waals surface area (Å²) >= 11 is 15.7. The molecule has 1 aromatic carbocycles. The van der Waals surface area contributed by atoms with Crippen LogP contribution in [0.15, 0.2) is 41.1 Å². The van der Waals surface area contributed by atoms with Crippen molar-refractivity contribution in [3.05, 3.63) is 68.0 Å². The minimum Gasteiger partial charge on any atom is -0.320 e. The molecule has 9 nitrogen and oxygen atoms in total. The van der Waals surface area contributed by atoms with Crippen molar-refractivity contribution in [2.45, 2.75) is 13.8 Å². The van der Waals surface area contributed by atoms with E-state index < -0.39 is 11.8 Å². The van der Waals surface area contributed by atoms with Crippen molar-refractivity contribution in [2.24, 2.45) is 0 Å². The van der Waals surface area contributed by atoms with E-state index in [9.17, 15) is 14.4 Å². The third kappa shape index (κ3) is 5.18. The van der Waals surface area contributed by atoms with Crippen LogP contribution in [-0.4, -0.2) is 56.6 Å². The maximum Gasteiger partial charge on any atom is 0.274 e. The van der Waals surface area contributed by atoms with E-state index in [4.69, 9.17) is 23.2 Å². The molecular formula is C21H19BrCl2N6O3. The molecule has 2 heterocycles. The molecule has 172 valence electrons. The average molecular weight is 554 g/mol. The topological polar surface area (TPSA) is 100 Å². The van der Waals surface area contributed by atoms with Crippen LogP contribution in [0.2, 0.25) is 10.0 Å².